The van der Waals surface area contributed by atoms with Crippen molar-refractivity contribution in [1.82, 2.24) is 14.1 Å². The van der Waals surface area contributed by atoms with E-state index in [2.05, 4.69) is 0 Å². The topological polar surface area (TPSA) is 104 Å². The number of carbonyl (C=O) groups excluding carboxylic acids is 2. The zero-order valence-corrected chi connectivity index (χ0v) is 19.2. The highest BCUT2D eigenvalue weighted by molar-refractivity contribution is 7.89. The third-order valence-electron chi connectivity index (χ3n) is 5.33. The molecule has 33 heavy (non-hydrogen) atoms. The maximum atomic E-state index is 13.3. The fourth-order valence-corrected chi connectivity index (χ4v) is 5.01. The van der Waals surface area contributed by atoms with Crippen LogP contribution in [0.4, 0.5) is 0 Å². The monoisotopic (exact) mass is 491 g/mol. The van der Waals surface area contributed by atoms with Crippen molar-refractivity contribution in [1.29, 1.82) is 0 Å². The Balaban J connectivity index is 1.45. The van der Waals surface area contributed by atoms with Gasteiger partial charge in [-0.15, -0.1) is 0 Å². The summed E-state index contributed by atoms with van der Waals surface area (Å²) in [4.78, 5) is 28.6. The fourth-order valence-electron chi connectivity index (χ4n) is 3.52. The number of benzene rings is 1. The molecule has 0 atom stereocenters. The molecule has 1 aliphatic rings. The van der Waals surface area contributed by atoms with Gasteiger partial charge in [0.1, 0.15) is 5.76 Å². The summed E-state index contributed by atoms with van der Waals surface area (Å²) in [5, 5.41) is 0.407. The van der Waals surface area contributed by atoms with Gasteiger partial charge < -0.3 is 18.6 Å². The molecule has 3 aromatic rings. The largest absolute Gasteiger partial charge is 0.468 e. The molecule has 0 bridgehead atoms. The van der Waals surface area contributed by atoms with Crippen LogP contribution in [-0.2, 0) is 21.4 Å². The summed E-state index contributed by atoms with van der Waals surface area (Å²) in [6.45, 7) is 0.779. The minimum absolute atomic E-state index is 0.0279. The third-order valence-corrected chi connectivity index (χ3v) is 7.38. The van der Waals surface area contributed by atoms with Gasteiger partial charge in [0.15, 0.2) is 5.76 Å². The number of hydrogen-bond acceptors (Lipinski definition) is 6. The number of hydrogen-bond donors (Lipinski definition) is 0. The van der Waals surface area contributed by atoms with Gasteiger partial charge in [0.25, 0.3) is 5.91 Å². The Morgan fingerprint density at radius 1 is 0.909 bits per heavy atom. The quantitative estimate of drug-likeness (QED) is 0.503. The molecule has 9 nitrogen and oxygen atoms in total. The minimum atomic E-state index is -3.99. The van der Waals surface area contributed by atoms with Gasteiger partial charge in [-0.1, -0.05) is 11.6 Å². The molecule has 1 saturated heterocycles. The lowest BCUT2D eigenvalue weighted by molar-refractivity contribution is -0.133. The lowest BCUT2D eigenvalue weighted by Gasteiger charge is -2.35. The van der Waals surface area contributed by atoms with Crippen molar-refractivity contribution in [3.63, 3.8) is 0 Å². The maximum absolute atomic E-state index is 13.3. The Bertz CT molecular complexity index is 1190. The van der Waals surface area contributed by atoms with Gasteiger partial charge in [0.2, 0.25) is 15.9 Å². The van der Waals surface area contributed by atoms with Gasteiger partial charge in [-0.2, -0.15) is 4.31 Å². The van der Waals surface area contributed by atoms with Gasteiger partial charge in [-0.25, -0.2) is 8.42 Å². The predicted octanol–water partition coefficient (Wildman–Crippen LogP) is 2.70. The molecule has 0 unspecified atom stereocenters. The highest BCUT2D eigenvalue weighted by Gasteiger charge is 2.31. The van der Waals surface area contributed by atoms with E-state index in [0.29, 0.717) is 37.0 Å². The second kappa shape index (κ2) is 9.82. The molecule has 2 amide bonds. The summed E-state index contributed by atoms with van der Waals surface area (Å²) in [6.07, 6.45) is 2.88. The van der Waals surface area contributed by atoms with Crippen LogP contribution in [0.15, 0.2) is 74.8 Å². The van der Waals surface area contributed by atoms with E-state index in [4.69, 9.17) is 20.4 Å². The average Bonchev–Trinajstić information content (AvgIpc) is 3.53. The first-order valence-corrected chi connectivity index (χ1v) is 12.0. The van der Waals surface area contributed by atoms with Crippen molar-refractivity contribution >= 4 is 33.4 Å². The van der Waals surface area contributed by atoms with Crippen LogP contribution >= 0.6 is 11.6 Å². The summed E-state index contributed by atoms with van der Waals surface area (Å²) in [5.74, 6) is 0.0590. The zero-order valence-electron chi connectivity index (χ0n) is 17.6. The summed E-state index contributed by atoms with van der Waals surface area (Å²) in [5.41, 5.74) is 0. The van der Waals surface area contributed by atoms with Crippen LogP contribution in [0.3, 0.4) is 0 Å². The maximum Gasteiger partial charge on any atom is 0.289 e. The lowest BCUT2D eigenvalue weighted by atomic mass is 10.2. The first kappa shape index (κ1) is 23.1. The van der Waals surface area contributed by atoms with E-state index >= 15 is 0 Å². The Morgan fingerprint density at radius 2 is 1.55 bits per heavy atom. The third kappa shape index (κ3) is 5.29. The predicted molar refractivity (Wildman–Crippen MR) is 119 cm³/mol. The number of carbonyl (C=O) groups is 2. The smallest absolute Gasteiger partial charge is 0.289 e. The summed E-state index contributed by atoms with van der Waals surface area (Å²) in [6, 6.07) is 12.3. The Labute approximate surface area is 196 Å². The van der Waals surface area contributed by atoms with E-state index in [-0.39, 0.29) is 35.6 Å². The summed E-state index contributed by atoms with van der Waals surface area (Å²) < 4.78 is 38.1. The van der Waals surface area contributed by atoms with Crippen LogP contribution in [0, 0.1) is 0 Å². The fraction of sp³-hybridized carbons (Fsp3) is 0.273. The molecule has 0 aliphatic carbocycles. The van der Waals surface area contributed by atoms with Crippen LogP contribution < -0.4 is 0 Å². The molecule has 0 saturated carbocycles. The van der Waals surface area contributed by atoms with Crippen LogP contribution in [0.1, 0.15) is 16.3 Å². The van der Waals surface area contributed by atoms with Crippen LogP contribution in [0.25, 0.3) is 0 Å². The SMILES string of the molecule is O=C(CN(Cc1ccco1)S(=O)(=O)c1ccc(Cl)cc1)N1CCN(C(=O)c2ccco2)CC1. The number of piperazine rings is 1. The van der Waals surface area contributed by atoms with E-state index in [1.807, 2.05) is 0 Å². The molecule has 0 radical (unpaired) electrons. The molecule has 11 heteroatoms. The molecule has 1 aliphatic heterocycles. The van der Waals surface area contributed by atoms with E-state index in [1.54, 1.807) is 34.1 Å². The summed E-state index contributed by atoms with van der Waals surface area (Å²) in [7, 11) is -3.99. The van der Waals surface area contributed by atoms with E-state index in [0.717, 1.165) is 4.31 Å². The highest BCUT2D eigenvalue weighted by Crippen LogP contribution is 2.21. The van der Waals surface area contributed by atoms with Gasteiger partial charge in [-0.05, 0) is 48.5 Å². The second-order valence-corrected chi connectivity index (χ2v) is 9.83. The normalized spacial score (nSPS) is 14.6. The van der Waals surface area contributed by atoms with Crippen molar-refractivity contribution in [2.45, 2.75) is 11.4 Å². The highest BCUT2D eigenvalue weighted by atomic mass is 35.5. The minimum Gasteiger partial charge on any atom is -0.468 e. The van der Waals surface area contributed by atoms with Crippen LogP contribution in [0.5, 0.6) is 0 Å². The Hall–Kier alpha value is -3.08. The van der Waals surface area contributed by atoms with Gasteiger partial charge in [0.05, 0.1) is 30.5 Å². The first-order valence-electron chi connectivity index (χ1n) is 10.2. The lowest BCUT2D eigenvalue weighted by Crippen LogP contribution is -2.53. The van der Waals surface area contributed by atoms with Crippen molar-refractivity contribution in [2.24, 2.45) is 0 Å². The van der Waals surface area contributed by atoms with E-state index < -0.39 is 10.0 Å². The first-order chi connectivity index (χ1) is 15.8. The average molecular weight is 492 g/mol. The molecule has 0 N–H and O–H groups in total. The molecule has 1 fully saturated rings. The van der Waals surface area contributed by atoms with Crippen molar-refractivity contribution in [2.75, 3.05) is 32.7 Å². The molecular weight excluding hydrogens is 470 g/mol. The van der Waals surface area contributed by atoms with Crippen molar-refractivity contribution in [3.8, 4) is 0 Å². The van der Waals surface area contributed by atoms with E-state index in [9.17, 15) is 18.0 Å². The molecule has 0 spiro atoms. The Kier molecular flexibility index (Phi) is 6.87. The summed E-state index contributed by atoms with van der Waals surface area (Å²) >= 11 is 5.89. The standard InChI is InChI=1S/C22H22ClN3O6S/c23-17-5-7-19(8-6-17)33(29,30)26(15-18-3-1-13-31-18)16-21(27)24-9-11-25(12-10-24)22(28)20-4-2-14-32-20/h1-8,13-14H,9-12,15-16H2. The molecule has 3 heterocycles. The van der Waals surface area contributed by atoms with E-state index in [1.165, 1.54) is 36.8 Å². The van der Waals surface area contributed by atoms with Crippen LogP contribution in [-0.4, -0.2) is 67.1 Å². The number of nitrogens with zero attached hydrogens (tertiary/aromatic N) is 3. The van der Waals surface area contributed by atoms with Crippen LogP contribution in [0.2, 0.25) is 5.02 Å². The van der Waals surface area contributed by atoms with Crippen molar-refractivity contribution in [3.05, 3.63) is 77.6 Å². The molecule has 4 rings (SSSR count). The number of sulfonamides is 1. The molecular formula is C22H22ClN3O6S. The second-order valence-electron chi connectivity index (χ2n) is 7.46. The van der Waals surface area contributed by atoms with Crippen molar-refractivity contribution < 1.29 is 26.8 Å². The molecule has 174 valence electrons. The number of rotatable bonds is 7. The van der Waals surface area contributed by atoms with Gasteiger partial charge >= 0.3 is 0 Å². The van der Waals surface area contributed by atoms with Gasteiger partial charge in [0, 0.05) is 31.2 Å². The molecule has 1 aromatic carbocycles. The zero-order chi connectivity index (χ0) is 23.4. The molecule has 2 aromatic heterocycles. The Morgan fingerprint density at radius 3 is 2.15 bits per heavy atom. The van der Waals surface area contributed by atoms with Gasteiger partial charge in [-0.3, -0.25) is 9.59 Å². The number of halogens is 1. The number of amides is 2. The number of furan rings is 2.